The number of aromatic nitrogens is 1. The van der Waals surface area contributed by atoms with Crippen molar-refractivity contribution in [3.63, 3.8) is 0 Å². The number of nitro groups is 1. The molecule has 1 N–H and O–H groups in total. The maximum absolute atomic E-state index is 13.0. The first kappa shape index (κ1) is 14.4. The number of nitrogens with one attached hydrogen (secondary N) is 1. The summed E-state index contributed by atoms with van der Waals surface area (Å²) >= 11 is 1.89. The van der Waals surface area contributed by atoms with E-state index in [9.17, 15) is 19.3 Å². The van der Waals surface area contributed by atoms with Crippen molar-refractivity contribution in [3.05, 3.63) is 55.7 Å². The van der Waals surface area contributed by atoms with Crippen LogP contribution in [0.1, 0.15) is 10.5 Å². The molecule has 1 heterocycles. The summed E-state index contributed by atoms with van der Waals surface area (Å²) in [7, 11) is 1.54. The molecule has 104 valence electrons. The molecule has 0 saturated carbocycles. The Morgan fingerprint density at radius 2 is 2.15 bits per heavy atom. The van der Waals surface area contributed by atoms with Crippen molar-refractivity contribution < 1.29 is 14.1 Å². The predicted molar refractivity (Wildman–Crippen MR) is 79.1 cm³/mol. The maximum atomic E-state index is 13.0. The first-order valence-corrected chi connectivity index (χ1v) is 6.53. The Balaban J connectivity index is 2.26. The molecule has 20 heavy (non-hydrogen) atoms. The highest BCUT2D eigenvalue weighted by atomic mass is 127. The zero-order chi connectivity index (χ0) is 14.9. The van der Waals surface area contributed by atoms with Crippen molar-refractivity contribution in [3.8, 4) is 0 Å². The van der Waals surface area contributed by atoms with Crippen LogP contribution in [0, 0.1) is 19.5 Å². The van der Waals surface area contributed by atoms with E-state index in [2.05, 4.69) is 5.32 Å². The third kappa shape index (κ3) is 2.95. The molecule has 0 atom stereocenters. The lowest BCUT2D eigenvalue weighted by molar-refractivity contribution is -0.384. The van der Waals surface area contributed by atoms with Crippen molar-refractivity contribution in [1.82, 2.24) is 4.57 Å². The lowest BCUT2D eigenvalue weighted by atomic mass is 10.3. The number of amides is 1. The Kier molecular flexibility index (Phi) is 4.02. The first-order valence-electron chi connectivity index (χ1n) is 5.45. The molecule has 0 aliphatic heterocycles. The summed E-state index contributed by atoms with van der Waals surface area (Å²) < 4.78 is 14.9. The fraction of sp³-hybridized carbons (Fsp3) is 0.0833. The molecule has 8 heteroatoms. The Morgan fingerprint density at radius 1 is 1.45 bits per heavy atom. The Labute approximate surface area is 126 Å². The van der Waals surface area contributed by atoms with Gasteiger partial charge >= 0.3 is 0 Å². The molecule has 0 fully saturated rings. The molecule has 0 bridgehead atoms. The highest BCUT2D eigenvalue weighted by Crippen LogP contribution is 2.21. The fourth-order valence-electron chi connectivity index (χ4n) is 1.65. The van der Waals surface area contributed by atoms with E-state index < -0.39 is 16.6 Å². The van der Waals surface area contributed by atoms with Crippen LogP contribution in [0.3, 0.4) is 0 Å². The average molecular weight is 389 g/mol. The summed E-state index contributed by atoms with van der Waals surface area (Å²) in [5.74, 6) is -0.896. The molecule has 2 aromatic rings. The lowest BCUT2D eigenvalue weighted by Crippen LogP contribution is -2.16. The van der Waals surface area contributed by atoms with Gasteiger partial charge in [-0.25, -0.2) is 4.39 Å². The van der Waals surface area contributed by atoms with E-state index >= 15 is 0 Å². The summed E-state index contributed by atoms with van der Waals surface area (Å²) in [6.45, 7) is 0. The normalized spacial score (nSPS) is 10.3. The second-order valence-electron chi connectivity index (χ2n) is 4.03. The van der Waals surface area contributed by atoms with Gasteiger partial charge in [0, 0.05) is 16.7 Å². The van der Waals surface area contributed by atoms with E-state index in [1.165, 1.54) is 42.1 Å². The molecule has 0 saturated heterocycles. The van der Waals surface area contributed by atoms with Gasteiger partial charge in [-0.1, -0.05) is 0 Å². The van der Waals surface area contributed by atoms with Crippen LogP contribution in [-0.4, -0.2) is 15.4 Å². The number of hydrogen-bond donors (Lipinski definition) is 1. The molecule has 1 amide bonds. The van der Waals surface area contributed by atoms with Crippen molar-refractivity contribution in [1.29, 1.82) is 0 Å². The zero-order valence-electron chi connectivity index (χ0n) is 10.3. The van der Waals surface area contributed by atoms with Crippen LogP contribution in [0.2, 0.25) is 0 Å². The minimum Gasteiger partial charge on any atom is -0.340 e. The smallest absolute Gasteiger partial charge is 0.287 e. The van der Waals surface area contributed by atoms with Crippen molar-refractivity contribution >= 4 is 39.9 Å². The van der Waals surface area contributed by atoms with Crippen LogP contribution < -0.4 is 5.32 Å². The summed E-state index contributed by atoms with van der Waals surface area (Å²) in [5.41, 5.74) is 0.434. The molecule has 1 aromatic heterocycles. The number of carbonyl (C=O) groups excluding carboxylic acids is 1. The Bertz CT molecular complexity index is 699. The van der Waals surface area contributed by atoms with Gasteiger partial charge < -0.3 is 9.88 Å². The van der Waals surface area contributed by atoms with Gasteiger partial charge in [-0.2, -0.15) is 0 Å². The molecule has 6 nitrogen and oxygen atoms in total. The number of halogens is 2. The fourth-order valence-corrected chi connectivity index (χ4v) is 2.26. The van der Waals surface area contributed by atoms with Gasteiger partial charge in [-0.15, -0.1) is 0 Å². The van der Waals surface area contributed by atoms with Crippen molar-refractivity contribution in [2.75, 3.05) is 5.32 Å². The maximum Gasteiger partial charge on any atom is 0.287 e. The minimum atomic E-state index is -0.571. The third-order valence-electron chi connectivity index (χ3n) is 2.61. The average Bonchev–Trinajstić information content (AvgIpc) is 2.75. The molecule has 0 spiro atoms. The molecule has 0 unspecified atom stereocenters. The second-order valence-corrected chi connectivity index (χ2v) is 5.19. The van der Waals surface area contributed by atoms with Gasteiger partial charge in [0.1, 0.15) is 11.5 Å². The van der Waals surface area contributed by atoms with Crippen LogP contribution in [0.5, 0.6) is 0 Å². The van der Waals surface area contributed by atoms with E-state index in [0.29, 0.717) is 9.26 Å². The van der Waals surface area contributed by atoms with Crippen LogP contribution in [0.4, 0.5) is 15.8 Å². The SMILES string of the molecule is Cn1cc([N+](=O)[O-])cc1C(=O)Nc1ccc(F)cc1I. The molecule has 2 rings (SSSR count). The van der Waals surface area contributed by atoms with E-state index in [1.807, 2.05) is 22.6 Å². The second kappa shape index (κ2) is 5.57. The zero-order valence-corrected chi connectivity index (χ0v) is 12.4. The van der Waals surface area contributed by atoms with Gasteiger partial charge in [-0.05, 0) is 40.8 Å². The highest BCUT2D eigenvalue weighted by molar-refractivity contribution is 14.1. The third-order valence-corrected chi connectivity index (χ3v) is 3.51. The minimum absolute atomic E-state index is 0.150. The number of anilines is 1. The van der Waals surface area contributed by atoms with Crippen LogP contribution >= 0.6 is 22.6 Å². The predicted octanol–water partition coefficient (Wildman–Crippen LogP) is 2.93. The van der Waals surface area contributed by atoms with Gasteiger partial charge in [0.25, 0.3) is 11.6 Å². The van der Waals surface area contributed by atoms with E-state index in [-0.39, 0.29) is 11.4 Å². The molecule has 0 aliphatic carbocycles. The van der Waals surface area contributed by atoms with Gasteiger partial charge in [0.15, 0.2) is 0 Å². The van der Waals surface area contributed by atoms with Crippen molar-refractivity contribution in [2.45, 2.75) is 0 Å². The van der Waals surface area contributed by atoms with Crippen LogP contribution in [0.15, 0.2) is 30.5 Å². The van der Waals surface area contributed by atoms with E-state index in [1.54, 1.807) is 0 Å². The van der Waals surface area contributed by atoms with Gasteiger partial charge in [0.2, 0.25) is 0 Å². The van der Waals surface area contributed by atoms with Crippen LogP contribution in [0.25, 0.3) is 0 Å². The molecule has 0 radical (unpaired) electrons. The van der Waals surface area contributed by atoms with Crippen LogP contribution in [-0.2, 0) is 7.05 Å². The van der Waals surface area contributed by atoms with Gasteiger partial charge in [-0.3, -0.25) is 14.9 Å². The largest absolute Gasteiger partial charge is 0.340 e. The number of rotatable bonds is 3. The first-order chi connectivity index (χ1) is 9.38. The van der Waals surface area contributed by atoms with Gasteiger partial charge in [0.05, 0.1) is 16.8 Å². The quantitative estimate of drug-likeness (QED) is 0.498. The summed E-state index contributed by atoms with van der Waals surface area (Å²) in [4.78, 5) is 22.1. The Hall–Kier alpha value is -1.97. The number of nitrogens with zero attached hydrogens (tertiary/aromatic N) is 2. The molecule has 1 aromatic carbocycles. The van der Waals surface area contributed by atoms with E-state index in [0.717, 1.165) is 0 Å². The lowest BCUT2D eigenvalue weighted by Gasteiger charge is -2.07. The summed E-state index contributed by atoms with van der Waals surface area (Å²) in [5, 5.41) is 13.2. The summed E-state index contributed by atoms with van der Waals surface area (Å²) in [6.07, 6.45) is 1.25. The monoisotopic (exact) mass is 389 g/mol. The standard InChI is InChI=1S/C12H9FIN3O3/c1-16-6-8(17(19)20)5-11(16)12(18)15-10-3-2-7(13)4-9(10)14/h2-6H,1H3,(H,15,18). The summed E-state index contributed by atoms with van der Waals surface area (Å²) in [6, 6.07) is 5.13. The Morgan fingerprint density at radius 3 is 2.70 bits per heavy atom. The molecular weight excluding hydrogens is 380 g/mol. The topological polar surface area (TPSA) is 77.2 Å². The number of aryl methyl sites for hydroxylation is 1. The molecular formula is C12H9FIN3O3. The van der Waals surface area contributed by atoms with E-state index in [4.69, 9.17) is 0 Å². The highest BCUT2D eigenvalue weighted by Gasteiger charge is 2.18. The number of benzene rings is 1. The van der Waals surface area contributed by atoms with Crippen molar-refractivity contribution in [2.24, 2.45) is 7.05 Å². The number of hydrogen-bond acceptors (Lipinski definition) is 3. The molecule has 0 aliphatic rings. The number of carbonyl (C=O) groups is 1.